The van der Waals surface area contributed by atoms with Gasteiger partial charge in [-0.25, -0.2) is 0 Å². The summed E-state index contributed by atoms with van der Waals surface area (Å²) in [6, 6.07) is 91.1. The molecule has 3 heterocycles. The molecule has 14 rings (SSSR count). The molecule has 2 aliphatic rings. The molecule has 1 aromatic heterocycles. The Balaban J connectivity index is 1.10. The van der Waals surface area contributed by atoms with Crippen LogP contribution >= 0.6 is 0 Å². The van der Waals surface area contributed by atoms with Gasteiger partial charge in [0.1, 0.15) is 11.2 Å². The smallest absolute Gasteiger partial charge is 0.252 e. The standard InChI is InChI=1S/C82H76BN3O/c1-79(2,3)57-37-45-62(46-38-57)85-72-47-39-58(80(4,5)6)49-69(72)83-70-50-59(81(7,8)9)40-48-73(70)86(71-32-20-19-27-64(71)65-28-21-29-66-67-30-22-31-68(82(10,11)12)78(67)87-77(65)66)75-52-63(51-74(85)76(75)83)84(60-41-33-55(34-42-60)53-23-15-13-16-24-53)61-43-35-56(36-44-61)54-25-17-14-18-26-54/h13-52H,1-12H3. The quantitative estimate of drug-likeness (QED) is 0.141. The van der Waals surface area contributed by atoms with Gasteiger partial charge in [-0.2, -0.15) is 0 Å². The van der Waals surface area contributed by atoms with Crippen molar-refractivity contribution in [3.63, 3.8) is 0 Å². The van der Waals surface area contributed by atoms with Crippen molar-refractivity contribution in [3.8, 4) is 33.4 Å². The minimum atomic E-state index is -0.120. The van der Waals surface area contributed by atoms with E-state index in [9.17, 15) is 0 Å². The van der Waals surface area contributed by atoms with Gasteiger partial charge in [0, 0.05) is 67.3 Å². The van der Waals surface area contributed by atoms with Gasteiger partial charge in [-0.3, -0.25) is 0 Å². The Hall–Kier alpha value is -9.32. The predicted molar refractivity (Wildman–Crippen MR) is 374 cm³/mol. The summed E-state index contributed by atoms with van der Waals surface area (Å²) in [5.41, 5.74) is 27.2. The van der Waals surface area contributed by atoms with Crippen LogP contribution in [0.5, 0.6) is 0 Å². The number of para-hydroxylation sites is 3. The number of benzene rings is 11. The SMILES string of the molecule is CC(C)(C)c1ccc(N2c3ccc(C(C)(C)C)cc3B3c4cc(C(C)(C)C)ccc4N(c4ccccc4-c4cccc5c4oc4c(C(C)(C)C)cccc45)c4cc(N(c5ccc(-c6ccccc6)cc5)c5ccc(-c6ccccc6)cc5)cc2c43)cc1. The van der Waals surface area contributed by atoms with Crippen LogP contribution in [0.4, 0.5) is 51.2 Å². The molecule has 11 aromatic carbocycles. The Morgan fingerprint density at radius 1 is 0.322 bits per heavy atom. The third-order valence-electron chi connectivity index (χ3n) is 18.3. The summed E-state index contributed by atoms with van der Waals surface area (Å²) >= 11 is 0. The number of fused-ring (bicyclic) bond motifs is 7. The molecule has 87 heavy (non-hydrogen) atoms. The fourth-order valence-electron chi connectivity index (χ4n) is 13.5. The molecular formula is C82H76BN3O. The molecule has 0 amide bonds. The van der Waals surface area contributed by atoms with Gasteiger partial charge in [0.2, 0.25) is 0 Å². The number of anilines is 9. The molecular weight excluding hydrogens is 1050 g/mol. The van der Waals surface area contributed by atoms with Gasteiger partial charge in [0.25, 0.3) is 6.71 Å². The van der Waals surface area contributed by atoms with Gasteiger partial charge in [-0.05, 0) is 144 Å². The monoisotopic (exact) mass is 1130 g/mol. The van der Waals surface area contributed by atoms with Crippen molar-refractivity contribution in [2.24, 2.45) is 0 Å². The van der Waals surface area contributed by atoms with E-state index in [0.717, 1.165) is 78.6 Å². The van der Waals surface area contributed by atoms with E-state index in [2.05, 4.69) is 340 Å². The fraction of sp³-hybridized carbons (Fsp3) is 0.195. The molecule has 0 radical (unpaired) electrons. The summed E-state index contributed by atoms with van der Waals surface area (Å²) in [6.07, 6.45) is 0. The van der Waals surface area contributed by atoms with E-state index in [1.165, 1.54) is 66.6 Å². The zero-order valence-electron chi connectivity index (χ0n) is 52.4. The van der Waals surface area contributed by atoms with Crippen molar-refractivity contribution in [2.45, 2.75) is 105 Å². The molecule has 0 fully saturated rings. The molecule has 0 spiro atoms. The van der Waals surface area contributed by atoms with Crippen LogP contribution in [0.2, 0.25) is 0 Å². The first-order valence-electron chi connectivity index (χ1n) is 31.0. The normalized spacial score (nSPS) is 13.2. The summed E-state index contributed by atoms with van der Waals surface area (Å²) in [5, 5.41) is 2.25. The van der Waals surface area contributed by atoms with Crippen molar-refractivity contribution in [3.05, 3.63) is 265 Å². The molecule has 0 saturated heterocycles. The Morgan fingerprint density at radius 2 is 0.770 bits per heavy atom. The van der Waals surface area contributed by atoms with E-state index in [-0.39, 0.29) is 28.4 Å². The summed E-state index contributed by atoms with van der Waals surface area (Å²) in [5.74, 6) is 0. The summed E-state index contributed by atoms with van der Waals surface area (Å²) in [7, 11) is 0. The van der Waals surface area contributed by atoms with E-state index >= 15 is 0 Å². The number of hydrogen-bond acceptors (Lipinski definition) is 4. The van der Waals surface area contributed by atoms with Crippen LogP contribution in [0.15, 0.2) is 247 Å². The van der Waals surface area contributed by atoms with Gasteiger partial charge in [-0.15, -0.1) is 0 Å². The van der Waals surface area contributed by atoms with Gasteiger partial charge in [0.15, 0.2) is 0 Å². The van der Waals surface area contributed by atoms with Crippen LogP contribution in [-0.4, -0.2) is 6.71 Å². The van der Waals surface area contributed by atoms with Gasteiger partial charge < -0.3 is 19.1 Å². The second-order valence-electron chi connectivity index (χ2n) is 28.2. The van der Waals surface area contributed by atoms with Crippen LogP contribution < -0.4 is 31.1 Å². The molecule has 12 aromatic rings. The highest BCUT2D eigenvalue weighted by molar-refractivity contribution is 7.00. The fourth-order valence-corrected chi connectivity index (χ4v) is 13.5. The first kappa shape index (κ1) is 55.6. The average molecular weight is 1130 g/mol. The minimum absolute atomic E-state index is 0.0271. The topological polar surface area (TPSA) is 22.9 Å². The van der Waals surface area contributed by atoms with Crippen LogP contribution in [0, 0.1) is 0 Å². The lowest BCUT2D eigenvalue weighted by atomic mass is 9.33. The highest BCUT2D eigenvalue weighted by Crippen LogP contribution is 2.52. The molecule has 0 saturated carbocycles. The van der Waals surface area contributed by atoms with Crippen LogP contribution in [0.3, 0.4) is 0 Å². The minimum Gasteiger partial charge on any atom is -0.455 e. The third kappa shape index (κ3) is 9.73. The van der Waals surface area contributed by atoms with Crippen molar-refractivity contribution in [2.75, 3.05) is 14.7 Å². The van der Waals surface area contributed by atoms with Crippen molar-refractivity contribution in [1.82, 2.24) is 0 Å². The lowest BCUT2D eigenvalue weighted by Gasteiger charge is -2.46. The van der Waals surface area contributed by atoms with Gasteiger partial charge in [-0.1, -0.05) is 259 Å². The largest absolute Gasteiger partial charge is 0.455 e. The summed E-state index contributed by atoms with van der Waals surface area (Å²) < 4.78 is 7.25. The number of rotatable bonds is 8. The maximum Gasteiger partial charge on any atom is 0.252 e. The van der Waals surface area contributed by atoms with Crippen LogP contribution in [0.1, 0.15) is 105 Å². The highest BCUT2D eigenvalue weighted by atomic mass is 16.3. The van der Waals surface area contributed by atoms with Crippen molar-refractivity contribution in [1.29, 1.82) is 0 Å². The number of furan rings is 1. The second-order valence-corrected chi connectivity index (χ2v) is 28.2. The Labute approximate surface area is 515 Å². The van der Waals surface area contributed by atoms with E-state index in [0.29, 0.717) is 0 Å². The summed E-state index contributed by atoms with van der Waals surface area (Å²) in [4.78, 5) is 7.65. The lowest BCUT2D eigenvalue weighted by Crippen LogP contribution is -2.61. The predicted octanol–water partition coefficient (Wildman–Crippen LogP) is 21.3. The third-order valence-corrected chi connectivity index (χ3v) is 18.3. The average Bonchev–Trinajstić information content (AvgIpc) is 1.10. The first-order valence-corrected chi connectivity index (χ1v) is 31.0. The molecule has 0 aliphatic carbocycles. The van der Waals surface area contributed by atoms with Crippen LogP contribution in [-0.2, 0) is 21.7 Å². The van der Waals surface area contributed by atoms with E-state index in [1.54, 1.807) is 0 Å². The molecule has 0 bridgehead atoms. The number of hydrogen-bond donors (Lipinski definition) is 0. The first-order chi connectivity index (χ1) is 41.7. The molecule has 4 nitrogen and oxygen atoms in total. The van der Waals surface area contributed by atoms with Gasteiger partial charge in [0.05, 0.1) is 11.4 Å². The van der Waals surface area contributed by atoms with Crippen molar-refractivity contribution >= 4 is 96.2 Å². The second kappa shape index (κ2) is 20.7. The Bertz CT molecular complexity index is 4510. The highest BCUT2D eigenvalue weighted by Gasteiger charge is 2.45. The molecule has 428 valence electrons. The van der Waals surface area contributed by atoms with E-state index in [1.807, 2.05) is 0 Å². The zero-order chi connectivity index (χ0) is 60.3. The summed E-state index contributed by atoms with van der Waals surface area (Å²) in [6.45, 7) is 27.7. The molecule has 2 aliphatic heterocycles. The molecule has 0 atom stereocenters. The van der Waals surface area contributed by atoms with Crippen molar-refractivity contribution < 1.29 is 4.42 Å². The number of nitrogens with zero attached hydrogens (tertiary/aromatic N) is 3. The lowest BCUT2D eigenvalue weighted by molar-refractivity contribution is 0.573. The van der Waals surface area contributed by atoms with E-state index < -0.39 is 0 Å². The maximum atomic E-state index is 7.25. The molecule has 5 heteroatoms. The van der Waals surface area contributed by atoms with Crippen LogP contribution in [0.25, 0.3) is 55.3 Å². The molecule has 0 N–H and O–H groups in total. The van der Waals surface area contributed by atoms with E-state index in [4.69, 9.17) is 4.42 Å². The molecule has 0 unspecified atom stereocenters. The zero-order valence-corrected chi connectivity index (χ0v) is 52.4. The Morgan fingerprint density at radius 3 is 1.30 bits per heavy atom. The Kier molecular flexibility index (Phi) is 13.2. The maximum absolute atomic E-state index is 7.25. The van der Waals surface area contributed by atoms with Gasteiger partial charge >= 0.3 is 0 Å².